The molecule has 0 bridgehead atoms. The van der Waals surface area contributed by atoms with E-state index in [2.05, 4.69) is 10.3 Å². The smallest absolute Gasteiger partial charge is 0.417 e. The van der Waals surface area contributed by atoms with Crippen molar-refractivity contribution in [3.8, 4) is 5.75 Å². The molecule has 3 rings (SSSR count). The number of benzene rings is 2. The Hall–Kier alpha value is -2.80. The van der Waals surface area contributed by atoms with Gasteiger partial charge in [-0.25, -0.2) is 0 Å². The highest BCUT2D eigenvalue weighted by atomic mass is 35.5. The zero-order chi connectivity index (χ0) is 19.6. The van der Waals surface area contributed by atoms with Crippen molar-refractivity contribution in [3.63, 3.8) is 0 Å². The highest BCUT2D eigenvalue weighted by molar-refractivity contribution is 6.30. The van der Waals surface area contributed by atoms with Gasteiger partial charge in [0.25, 0.3) is 5.91 Å². The molecule has 0 atom stereocenters. The maximum absolute atomic E-state index is 13.6. The third-order valence-electron chi connectivity index (χ3n) is 3.99. The second-order valence-electron chi connectivity index (χ2n) is 5.70. The summed E-state index contributed by atoms with van der Waals surface area (Å²) in [6.07, 6.45) is -3.77. The van der Waals surface area contributed by atoms with E-state index < -0.39 is 23.2 Å². The summed E-state index contributed by atoms with van der Waals surface area (Å²) in [7, 11) is 1.45. The number of pyridine rings is 1. The number of nitrogens with zero attached hydrogens (tertiary/aromatic N) is 1. The van der Waals surface area contributed by atoms with E-state index in [1.807, 2.05) is 0 Å². The molecule has 1 heterocycles. The molecular weight excluding hydrogens is 381 g/mol. The maximum Gasteiger partial charge on any atom is 0.417 e. The number of ether oxygens (including phenoxy) is 1. The van der Waals surface area contributed by atoms with Crippen LogP contribution in [0.2, 0.25) is 5.02 Å². The first-order valence-corrected chi connectivity index (χ1v) is 8.24. The van der Waals surface area contributed by atoms with Gasteiger partial charge in [-0.2, -0.15) is 13.2 Å². The Balaban J connectivity index is 1.96. The maximum atomic E-state index is 13.6. The minimum absolute atomic E-state index is 0.0489. The second-order valence-corrected chi connectivity index (χ2v) is 6.14. The first-order valence-electron chi connectivity index (χ1n) is 7.87. The zero-order valence-corrected chi connectivity index (χ0v) is 14.9. The lowest BCUT2D eigenvalue weighted by molar-refractivity contribution is -0.136. The van der Waals surface area contributed by atoms with Gasteiger partial charge in [-0.15, -0.1) is 0 Å². The number of amides is 1. The van der Waals surface area contributed by atoms with E-state index in [1.165, 1.54) is 25.3 Å². The lowest BCUT2D eigenvalue weighted by Crippen LogP contribution is -2.26. The van der Waals surface area contributed by atoms with E-state index in [0.717, 1.165) is 6.20 Å². The Bertz CT molecular complexity index is 1010. The zero-order valence-electron chi connectivity index (χ0n) is 14.1. The SMILES string of the molecule is COc1ccc(Cl)cc1CNC(=O)c1cnc2ccccc2c1C(F)(F)F. The van der Waals surface area contributed by atoms with E-state index in [0.29, 0.717) is 16.3 Å². The average molecular weight is 395 g/mol. The van der Waals surface area contributed by atoms with Crippen LogP contribution < -0.4 is 10.1 Å². The minimum atomic E-state index is -4.71. The predicted molar refractivity (Wildman–Crippen MR) is 95.9 cm³/mol. The molecule has 0 spiro atoms. The summed E-state index contributed by atoms with van der Waals surface area (Å²) in [5.41, 5.74) is -0.843. The van der Waals surface area contributed by atoms with E-state index in [1.54, 1.807) is 24.3 Å². The van der Waals surface area contributed by atoms with Crippen LogP contribution in [0, 0.1) is 0 Å². The molecule has 0 saturated carbocycles. The van der Waals surface area contributed by atoms with Gasteiger partial charge in [0.2, 0.25) is 0 Å². The van der Waals surface area contributed by atoms with Gasteiger partial charge in [0.15, 0.2) is 0 Å². The Morgan fingerprint density at radius 1 is 1.22 bits per heavy atom. The number of rotatable bonds is 4. The van der Waals surface area contributed by atoms with E-state index in [4.69, 9.17) is 16.3 Å². The molecule has 0 aliphatic carbocycles. The van der Waals surface area contributed by atoms with Crippen LogP contribution in [0.1, 0.15) is 21.5 Å². The number of carbonyl (C=O) groups is 1. The molecule has 8 heteroatoms. The summed E-state index contributed by atoms with van der Waals surface area (Å²) < 4.78 is 46.1. The normalized spacial score (nSPS) is 11.4. The summed E-state index contributed by atoms with van der Waals surface area (Å²) in [5.74, 6) is -0.421. The number of carbonyl (C=O) groups excluding carboxylic acids is 1. The van der Waals surface area contributed by atoms with Crippen molar-refractivity contribution in [3.05, 3.63) is 70.4 Å². The summed E-state index contributed by atoms with van der Waals surface area (Å²) in [4.78, 5) is 16.5. The second kappa shape index (κ2) is 7.44. The van der Waals surface area contributed by atoms with Crippen molar-refractivity contribution in [1.82, 2.24) is 10.3 Å². The highest BCUT2D eigenvalue weighted by Crippen LogP contribution is 2.36. The van der Waals surface area contributed by atoms with E-state index in [9.17, 15) is 18.0 Å². The average Bonchev–Trinajstić information content (AvgIpc) is 2.64. The Morgan fingerprint density at radius 3 is 2.67 bits per heavy atom. The number of nitrogens with one attached hydrogen (secondary N) is 1. The highest BCUT2D eigenvalue weighted by Gasteiger charge is 2.37. The predicted octanol–water partition coefficient (Wildman–Crippen LogP) is 4.85. The van der Waals surface area contributed by atoms with Crippen LogP contribution in [0.15, 0.2) is 48.7 Å². The molecule has 140 valence electrons. The number of hydrogen-bond acceptors (Lipinski definition) is 3. The van der Waals surface area contributed by atoms with Gasteiger partial charge in [0.05, 0.1) is 23.8 Å². The Kier molecular flexibility index (Phi) is 5.23. The first-order chi connectivity index (χ1) is 12.8. The fraction of sp³-hybridized carbons (Fsp3) is 0.158. The number of para-hydroxylation sites is 1. The lowest BCUT2D eigenvalue weighted by Gasteiger charge is -2.16. The van der Waals surface area contributed by atoms with Crippen molar-refractivity contribution >= 4 is 28.4 Å². The molecule has 1 aromatic heterocycles. The van der Waals surface area contributed by atoms with Gasteiger partial charge in [0.1, 0.15) is 5.75 Å². The van der Waals surface area contributed by atoms with Crippen LogP contribution in [0.4, 0.5) is 13.2 Å². The number of aromatic nitrogens is 1. The molecule has 0 fully saturated rings. The number of hydrogen-bond donors (Lipinski definition) is 1. The molecule has 0 radical (unpaired) electrons. The summed E-state index contributed by atoms with van der Waals surface area (Å²) >= 11 is 5.93. The molecule has 4 nitrogen and oxygen atoms in total. The van der Waals surface area contributed by atoms with Crippen LogP contribution in [-0.2, 0) is 12.7 Å². The number of alkyl halides is 3. The molecule has 1 amide bonds. The largest absolute Gasteiger partial charge is 0.496 e. The monoisotopic (exact) mass is 394 g/mol. The molecule has 0 aliphatic heterocycles. The van der Waals surface area contributed by atoms with E-state index >= 15 is 0 Å². The van der Waals surface area contributed by atoms with Gasteiger partial charge in [0, 0.05) is 28.7 Å². The molecule has 0 saturated heterocycles. The van der Waals surface area contributed by atoms with Crippen molar-refractivity contribution in [2.75, 3.05) is 7.11 Å². The van der Waals surface area contributed by atoms with E-state index in [-0.39, 0.29) is 17.4 Å². The fourth-order valence-corrected chi connectivity index (χ4v) is 2.97. The van der Waals surface area contributed by atoms with Gasteiger partial charge < -0.3 is 10.1 Å². The van der Waals surface area contributed by atoms with Crippen molar-refractivity contribution in [2.45, 2.75) is 12.7 Å². The molecule has 27 heavy (non-hydrogen) atoms. The number of halogens is 4. The number of methoxy groups -OCH3 is 1. The Labute approximate surface area is 157 Å². The van der Waals surface area contributed by atoms with Gasteiger partial charge in [-0.1, -0.05) is 29.8 Å². The fourth-order valence-electron chi connectivity index (χ4n) is 2.77. The van der Waals surface area contributed by atoms with Crippen LogP contribution in [0.25, 0.3) is 10.9 Å². The van der Waals surface area contributed by atoms with Crippen molar-refractivity contribution in [2.24, 2.45) is 0 Å². The van der Waals surface area contributed by atoms with Crippen molar-refractivity contribution in [1.29, 1.82) is 0 Å². The van der Waals surface area contributed by atoms with Gasteiger partial charge in [-0.05, 0) is 24.3 Å². The number of fused-ring (bicyclic) bond motifs is 1. The molecule has 3 aromatic rings. The standard InChI is InChI=1S/C19H14ClF3N2O2/c1-27-16-7-6-12(20)8-11(16)9-25-18(26)14-10-24-15-5-3-2-4-13(15)17(14)19(21,22)23/h2-8,10H,9H2,1H3,(H,25,26). The van der Waals surface area contributed by atoms with Crippen LogP contribution in [-0.4, -0.2) is 18.0 Å². The molecular formula is C19H14ClF3N2O2. The van der Waals surface area contributed by atoms with Crippen molar-refractivity contribution < 1.29 is 22.7 Å². The quantitative estimate of drug-likeness (QED) is 0.688. The molecule has 0 aliphatic rings. The van der Waals surface area contributed by atoms with Crippen LogP contribution >= 0.6 is 11.6 Å². The van der Waals surface area contributed by atoms with Gasteiger partial charge >= 0.3 is 6.18 Å². The third-order valence-corrected chi connectivity index (χ3v) is 4.22. The van der Waals surface area contributed by atoms with Crippen LogP contribution in [0.5, 0.6) is 5.75 Å². The molecule has 1 N–H and O–H groups in total. The molecule has 0 unspecified atom stereocenters. The molecule has 2 aromatic carbocycles. The van der Waals surface area contributed by atoms with Crippen LogP contribution in [0.3, 0.4) is 0 Å². The summed E-state index contributed by atoms with van der Waals surface area (Å²) in [5, 5.41) is 2.77. The first kappa shape index (κ1) is 19.0. The lowest BCUT2D eigenvalue weighted by atomic mass is 10.0. The summed E-state index contributed by atoms with van der Waals surface area (Å²) in [6.45, 7) is -0.0489. The topological polar surface area (TPSA) is 51.2 Å². The third kappa shape index (κ3) is 3.98. The Morgan fingerprint density at radius 2 is 1.96 bits per heavy atom. The summed E-state index contributed by atoms with van der Waals surface area (Å²) in [6, 6.07) is 10.6. The minimum Gasteiger partial charge on any atom is -0.496 e. The van der Waals surface area contributed by atoms with Gasteiger partial charge in [-0.3, -0.25) is 9.78 Å².